The molecule has 0 aliphatic heterocycles. The summed E-state index contributed by atoms with van der Waals surface area (Å²) in [5.74, 6) is -1.56. The van der Waals surface area contributed by atoms with Crippen molar-refractivity contribution in [2.24, 2.45) is 0 Å². The van der Waals surface area contributed by atoms with Gasteiger partial charge in [-0.25, -0.2) is 14.2 Å². The van der Waals surface area contributed by atoms with Gasteiger partial charge in [-0.05, 0) is 0 Å². The molecule has 1 aromatic heterocycles. The van der Waals surface area contributed by atoms with Crippen molar-refractivity contribution in [3.05, 3.63) is 18.4 Å². The highest BCUT2D eigenvalue weighted by Gasteiger charge is 2.20. The number of carboxylic acid groups (broad SMARTS) is 1. The Morgan fingerprint density at radius 2 is 2.60 bits per heavy atom. The number of aliphatic carboxylic acids is 1. The van der Waals surface area contributed by atoms with Gasteiger partial charge in [0.05, 0.1) is 0 Å². The van der Waals surface area contributed by atoms with Gasteiger partial charge in [-0.3, -0.25) is 0 Å². The number of nitrogens with zero attached hydrogens (tertiary/aromatic N) is 1. The van der Waals surface area contributed by atoms with Gasteiger partial charge in [0.1, 0.15) is 12.0 Å². The van der Waals surface area contributed by atoms with Crippen LogP contribution in [0.1, 0.15) is 11.9 Å². The number of halogens is 1. The first-order valence-electron chi connectivity index (χ1n) is 2.47. The van der Waals surface area contributed by atoms with Crippen LogP contribution in [0.5, 0.6) is 0 Å². The molecule has 0 aliphatic carbocycles. The van der Waals surface area contributed by atoms with Gasteiger partial charge in [0.2, 0.25) is 6.17 Å². The van der Waals surface area contributed by atoms with Crippen molar-refractivity contribution < 1.29 is 18.7 Å². The van der Waals surface area contributed by atoms with E-state index in [0.29, 0.717) is 0 Å². The van der Waals surface area contributed by atoms with Crippen molar-refractivity contribution >= 4 is 5.97 Å². The minimum atomic E-state index is -2.08. The zero-order chi connectivity index (χ0) is 7.56. The van der Waals surface area contributed by atoms with Crippen molar-refractivity contribution in [3.63, 3.8) is 0 Å². The van der Waals surface area contributed by atoms with Gasteiger partial charge in [0.25, 0.3) is 0 Å². The Labute approximate surface area is 55.3 Å². The van der Waals surface area contributed by atoms with Crippen molar-refractivity contribution in [3.8, 4) is 0 Å². The van der Waals surface area contributed by atoms with Crippen LogP contribution in [0, 0.1) is 0 Å². The van der Waals surface area contributed by atoms with Gasteiger partial charge in [-0.2, -0.15) is 0 Å². The molecule has 1 rings (SSSR count). The zero-order valence-corrected chi connectivity index (χ0v) is 4.82. The Hall–Kier alpha value is -1.39. The van der Waals surface area contributed by atoms with Gasteiger partial charge >= 0.3 is 5.97 Å². The van der Waals surface area contributed by atoms with Gasteiger partial charge in [0, 0.05) is 0 Å². The predicted molar refractivity (Wildman–Crippen MR) is 28.0 cm³/mol. The standard InChI is InChI=1S/C5H4FNO3/c6-4(5(8)9)3-1-10-2-7-3/h1-2,4H,(H,8,9). The first kappa shape index (κ1) is 6.73. The van der Waals surface area contributed by atoms with E-state index < -0.39 is 12.1 Å². The van der Waals surface area contributed by atoms with E-state index in [1.54, 1.807) is 0 Å². The number of carboxylic acids is 1. The average molecular weight is 145 g/mol. The van der Waals surface area contributed by atoms with E-state index in [1.807, 2.05) is 0 Å². The van der Waals surface area contributed by atoms with E-state index in [4.69, 9.17) is 5.11 Å². The molecule has 0 spiro atoms. The predicted octanol–water partition coefficient (Wildman–Crippen LogP) is 0.770. The molecule has 54 valence electrons. The Bertz CT molecular complexity index is 221. The summed E-state index contributed by atoms with van der Waals surface area (Å²) < 4.78 is 16.7. The van der Waals surface area contributed by atoms with Crippen LogP contribution in [0.2, 0.25) is 0 Å². The second kappa shape index (κ2) is 2.47. The van der Waals surface area contributed by atoms with E-state index in [1.165, 1.54) is 0 Å². The number of hydrogen-bond acceptors (Lipinski definition) is 3. The summed E-state index contributed by atoms with van der Waals surface area (Å²) in [4.78, 5) is 13.3. The summed E-state index contributed by atoms with van der Waals surface area (Å²) in [7, 11) is 0. The van der Waals surface area contributed by atoms with Crippen LogP contribution in [-0.4, -0.2) is 16.1 Å². The lowest BCUT2D eigenvalue weighted by atomic mass is 10.3. The highest BCUT2D eigenvalue weighted by molar-refractivity contribution is 5.73. The van der Waals surface area contributed by atoms with E-state index in [-0.39, 0.29) is 5.69 Å². The summed E-state index contributed by atoms with van der Waals surface area (Å²) in [5, 5.41) is 8.10. The molecule has 0 aromatic carbocycles. The fraction of sp³-hybridized carbons (Fsp3) is 0.200. The number of aromatic nitrogens is 1. The maximum absolute atomic E-state index is 12.4. The topological polar surface area (TPSA) is 63.3 Å². The molecule has 0 amide bonds. The van der Waals surface area contributed by atoms with Crippen molar-refractivity contribution in [2.75, 3.05) is 0 Å². The van der Waals surface area contributed by atoms with Crippen LogP contribution in [0.15, 0.2) is 17.1 Å². The summed E-state index contributed by atoms with van der Waals surface area (Å²) >= 11 is 0. The number of alkyl halides is 1. The Morgan fingerprint density at radius 3 is 3.00 bits per heavy atom. The molecule has 1 N–H and O–H groups in total. The van der Waals surface area contributed by atoms with Crippen molar-refractivity contribution in [2.45, 2.75) is 6.17 Å². The molecule has 4 nitrogen and oxygen atoms in total. The first-order chi connectivity index (χ1) is 4.72. The number of carbonyl (C=O) groups is 1. The Morgan fingerprint density at radius 1 is 1.90 bits per heavy atom. The monoisotopic (exact) mass is 145 g/mol. The second-order valence-corrected chi connectivity index (χ2v) is 1.61. The number of oxazole rings is 1. The third-order valence-corrected chi connectivity index (χ3v) is 0.928. The third-order valence-electron chi connectivity index (χ3n) is 0.928. The molecule has 0 bridgehead atoms. The summed E-state index contributed by atoms with van der Waals surface area (Å²) in [6.45, 7) is 0. The fourth-order valence-electron chi connectivity index (χ4n) is 0.474. The highest BCUT2D eigenvalue weighted by atomic mass is 19.1. The lowest BCUT2D eigenvalue weighted by molar-refractivity contribution is -0.143. The van der Waals surface area contributed by atoms with E-state index in [2.05, 4.69) is 9.40 Å². The highest BCUT2D eigenvalue weighted by Crippen LogP contribution is 2.13. The van der Waals surface area contributed by atoms with E-state index in [9.17, 15) is 9.18 Å². The molecule has 0 aliphatic rings. The first-order valence-corrected chi connectivity index (χ1v) is 2.47. The SMILES string of the molecule is O=C(O)C(F)c1cocn1. The molecule has 1 atom stereocenters. The normalized spacial score (nSPS) is 12.9. The van der Waals surface area contributed by atoms with Gasteiger partial charge in [-0.15, -0.1) is 0 Å². The summed E-state index contributed by atoms with van der Waals surface area (Å²) in [6, 6.07) is 0. The Balaban J connectivity index is 2.77. The summed E-state index contributed by atoms with van der Waals surface area (Å²) in [5.41, 5.74) is -0.215. The summed E-state index contributed by atoms with van der Waals surface area (Å²) in [6.07, 6.45) is -0.150. The fourth-order valence-corrected chi connectivity index (χ4v) is 0.474. The van der Waals surface area contributed by atoms with E-state index >= 15 is 0 Å². The zero-order valence-electron chi connectivity index (χ0n) is 4.82. The van der Waals surface area contributed by atoms with Crippen LogP contribution in [0.3, 0.4) is 0 Å². The Kier molecular flexibility index (Phi) is 1.66. The minimum Gasteiger partial charge on any atom is -0.479 e. The molecule has 0 fully saturated rings. The molecule has 1 unspecified atom stereocenters. The van der Waals surface area contributed by atoms with Crippen LogP contribution in [0.25, 0.3) is 0 Å². The third kappa shape index (κ3) is 1.12. The number of rotatable bonds is 2. The molecule has 0 radical (unpaired) electrons. The van der Waals surface area contributed by atoms with Crippen LogP contribution < -0.4 is 0 Å². The maximum Gasteiger partial charge on any atom is 0.344 e. The molecule has 0 saturated carbocycles. The second-order valence-electron chi connectivity index (χ2n) is 1.61. The smallest absolute Gasteiger partial charge is 0.344 e. The molecule has 1 heterocycles. The minimum absolute atomic E-state index is 0.215. The van der Waals surface area contributed by atoms with Crippen molar-refractivity contribution in [1.82, 2.24) is 4.98 Å². The lowest BCUT2D eigenvalue weighted by Gasteiger charge is -1.93. The van der Waals surface area contributed by atoms with Crippen molar-refractivity contribution in [1.29, 1.82) is 0 Å². The lowest BCUT2D eigenvalue weighted by Crippen LogP contribution is -2.05. The molecular formula is C5H4FNO3. The molecule has 0 saturated heterocycles. The van der Waals surface area contributed by atoms with Gasteiger partial charge in [0.15, 0.2) is 6.39 Å². The maximum atomic E-state index is 12.4. The van der Waals surface area contributed by atoms with Gasteiger partial charge < -0.3 is 9.52 Å². The van der Waals surface area contributed by atoms with Crippen LogP contribution >= 0.6 is 0 Å². The quantitative estimate of drug-likeness (QED) is 0.667. The van der Waals surface area contributed by atoms with Gasteiger partial charge in [-0.1, -0.05) is 0 Å². The molecule has 1 aromatic rings. The molecule has 10 heavy (non-hydrogen) atoms. The average Bonchev–Trinajstić information content (AvgIpc) is 2.36. The van der Waals surface area contributed by atoms with Crippen LogP contribution in [-0.2, 0) is 4.79 Å². The molecular weight excluding hydrogens is 141 g/mol. The largest absolute Gasteiger partial charge is 0.479 e. The van der Waals surface area contributed by atoms with Crippen LogP contribution in [0.4, 0.5) is 4.39 Å². The number of hydrogen-bond donors (Lipinski definition) is 1. The molecule has 5 heteroatoms. The van der Waals surface area contributed by atoms with E-state index in [0.717, 1.165) is 12.7 Å².